The number of aromatic nitrogens is 3. The van der Waals surface area contributed by atoms with Crippen molar-refractivity contribution in [2.45, 2.75) is 26.2 Å². The summed E-state index contributed by atoms with van der Waals surface area (Å²) in [5.74, 6) is 1.37. The van der Waals surface area contributed by atoms with Gasteiger partial charge in [-0.25, -0.2) is 14.8 Å². The number of pyridine rings is 1. The van der Waals surface area contributed by atoms with Crippen molar-refractivity contribution in [3.63, 3.8) is 0 Å². The number of carbonyl (C=O) groups excluding carboxylic acids is 1. The second-order valence-electron chi connectivity index (χ2n) is 7.89. The van der Waals surface area contributed by atoms with Crippen LogP contribution >= 0.6 is 0 Å². The molecule has 7 nitrogen and oxygen atoms in total. The number of para-hydroxylation sites is 3. The van der Waals surface area contributed by atoms with E-state index in [1.165, 1.54) is 0 Å². The first-order valence-corrected chi connectivity index (χ1v) is 9.65. The van der Waals surface area contributed by atoms with Crippen LogP contribution in [0.4, 0.5) is 16.4 Å². The number of imidazole rings is 1. The molecule has 0 aliphatic rings. The maximum Gasteiger partial charge on any atom is 0.326 e. The molecule has 30 heavy (non-hydrogen) atoms. The van der Waals surface area contributed by atoms with Gasteiger partial charge in [-0.1, -0.05) is 51.1 Å². The SMILES string of the molecule is CC(C)(C)c1ccccc1Oc1ncccc1NC(=O)Nc1nc2ccccc2[nH]1. The molecule has 4 rings (SSSR count). The van der Waals surface area contributed by atoms with E-state index in [0.29, 0.717) is 23.3 Å². The Morgan fingerprint density at radius 3 is 2.53 bits per heavy atom. The second kappa shape index (κ2) is 7.87. The van der Waals surface area contributed by atoms with Crippen molar-refractivity contribution in [2.24, 2.45) is 0 Å². The van der Waals surface area contributed by atoms with Gasteiger partial charge in [0.2, 0.25) is 11.8 Å². The first kappa shape index (κ1) is 19.4. The second-order valence-corrected chi connectivity index (χ2v) is 7.89. The number of amides is 2. The smallest absolute Gasteiger partial charge is 0.326 e. The molecule has 2 heterocycles. The van der Waals surface area contributed by atoms with Crippen LogP contribution in [-0.4, -0.2) is 21.0 Å². The molecule has 0 spiro atoms. The van der Waals surface area contributed by atoms with Crippen molar-refractivity contribution in [1.82, 2.24) is 15.0 Å². The summed E-state index contributed by atoms with van der Waals surface area (Å²) < 4.78 is 6.09. The minimum absolute atomic E-state index is 0.0996. The molecule has 0 saturated carbocycles. The van der Waals surface area contributed by atoms with Crippen LogP contribution in [0.5, 0.6) is 11.6 Å². The monoisotopic (exact) mass is 401 g/mol. The summed E-state index contributed by atoms with van der Waals surface area (Å²) in [5.41, 5.74) is 3.02. The van der Waals surface area contributed by atoms with Crippen molar-refractivity contribution < 1.29 is 9.53 Å². The first-order chi connectivity index (χ1) is 14.4. The van der Waals surface area contributed by atoms with Gasteiger partial charge in [0.25, 0.3) is 0 Å². The van der Waals surface area contributed by atoms with Gasteiger partial charge in [-0.05, 0) is 35.7 Å². The molecule has 0 radical (unpaired) electrons. The Hall–Kier alpha value is -3.87. The normalized spacial score (nSPS) is 11.3. The Bertz CT molecular complexity index is 1160. The van der Waals surface area contributed by atoms with Crippen LogP contribution in [-0.2, 0) is 5.41 Å². The fraction of sp³-hybridized carbons (Fsp3) is 0.174. The Morgan fingerprint density at radius 1 is 0.967 bits per heavy atom. The zero-order valence-corrected chi connectivity index (χ0v) is 17.1. The van der Waals surface area contributed by atoms with Gasteiger partial charge in [-0.15, -0.1) is 0 Å². The zero-order valence-electron chi connectivity index (χ0n) is 17.1. The minimum atomic E-state index is -0.448. The summed E-state index contributed by atoms with van der Waals surface area (Å²) in [4.78, 5) is 24.2. The van der Waals surface area contributed by atoms with E-state index in [4.69, 9.17) is 4.74 Å². The van der Waals surface area contributed by atoms with Crippen molar-refractivity contribution in [1.29, 1.82) is 0 Å². The van der Waals surface area contributed by atoms with Crippen LogP contribution in [0, 0.1) is 0 Å². The van der Waals surface area contributed by atoms with Gasteiger partial charge in [0.15, 0.2) is 0 Å². The van der Waals surface area contributed by atoms with Crippen LogP contribution in [0.1, 0.15) is 26.3 Å². The highest BCUT2D eigenvalue weighted by atomic mass is 16.5. The summed E-state index contributed by atoms with van der Waals surface area (Å²) >= 11 is 0. The lowest BCUT2D eigenvalue weighted by atomic mass is 9.86. The number of hydrogen-bond donors (Lipinski definition) is 3. The minimum Gasteiger partial charge on any atom is -0.437 e. The maximum absolute atomic E-state index is 12.5. The lowest BCUT2D eigenvalue weighted by molar-refractivity contribution is 0.262. The van der Waals surface area contributed by atoms with E-state index in [-0.39, 0.29) is 5.41 Å². The number of carbonyl (C=O) groups is 1. The number of H-pyrrole nitrogens is 1. The lowest BCUT2D eigenvalue weighted by Crippen LogP contribution is -2.20. The van der Waals surface area contributed by atoms with Crippen molar-refractivity contribution >= 4 is 28.7 Å². The average Bonchev–Trinajstić information content (AvgIpc) is 3.11. The fourth-order valence-electron chi connectivity index (χ4n) is 3.12. The summed E-state index contributed by atoms with van der Waals surface area (Å²) in [7, 11) is 0. The number of nitrogens with zero attached hydrogens (tertiary/aromatic N) is 2. The van der Waals surface area contributed by atoms with E-state index >= 15 is 0 Å². The predicted molar refractivity (Wildman–Crippen MR) is 118 cm³/mol. The number of anilines is 2. The van der Waals surface area contributed by atoms with Crippen LogP contribution in [0.3, 0.4) is 0 Å². The molecule has 0 fully saturated rings. The highest BCUT2D eigenvalue weighted by Crippen LogP contribution is 2.35. The molecular formula is C23H23N5O2. The van der Waals surface area contributed by atoms with Crippen LogP contribution in [0.2, 0.25) is 0 Å². The third-order valence-electron chi connectivity index (χ3n) is 4.54. The van der Waals surface area contributed by atoms with Crippen LogP contribution in [0.15, 0.2) is 66.9 Å². The van der Waals surface area contributed by atoms with Gasteiger partial charge in [0.1, 0.15) is 11.4 Å². The topological polar surface area (TPSA) is 91.9 Å². The molecule has 0 aliphatic carbocycles. The van der Waals surface area contributed by atoms with Gasteiger partial charge in [-0.3, -0.25) is 5.32 Å². The van der Waals surface area contributed by atoms with E-state index in [9.17, 15) is 4.79 Å². The molecule has 4 aromatic rings. The molecule has 0 aliphatic heterocycles. The molecule has 2 amide bonds. The van der Waals surface area contributed by atoms with Gasteiger partial charge < -0.3 is 15.0 Å². The lowest BCUT2D eigenvalue weighted by Gasteiger charge is -2.22. The number of ether oxygens (including phenoxy) is 1. The molecule has 152 valence electrons. The highest BCUT2D eigenvalue weighted by Gasteiger charge is 2.20. The summed E-state index contributed by atoms with van der Waals surface area (Å²) in [6.45, 7) is 6.36. The van der Waals surface area contributed by atoms with E-state index in [1.54, 1.807) is 18.3 Å². The third kappa shape index (κ3) is 4.25. The molecular weight excluding hydrogens is 378 g/mol. The van der Waals surface area contributed by atoms with Crippen LogP contribution < -0.4 is 15.4 Å². The summed E-state index contributed by atoms with van der Waals surface area (Å²) in [5, 5.41) is 5.49. The number of fused-ring (bicyclic) bond motifs is 1. The molecule has 0 saturated heterocycles. The third-order valence-corrected chi connectivity index (χ3v) is 4.54. The first-order valence-electron chi connectivity index (χ1n) is 9.65. The number of aromatic amines is 1. The molecule has 0 atom stereocenters. The number of urea groups is 1. The van der Waals surface area contributed by atoms with Gasteiger partial charge in [-0.2, -0.15) is 0 Å². The standard InChI is InChI=1S/C23H23N5O2/c1-23(2,3)15-9-4-7-13-19(15)30-20-18(12-8-14-24-20)27-22(29)28-21-25-16-10-5-6-11-17(16)26-21/h4-14H,1-3H3,(H3,25,26,27,28,29). The summed E-state index contributed by atoms with van der Waals surface area (Å²) in [6.07, 6.45) is 1.62. The largest absolute Gasteiger partial charge is 0.437 e. The number of rotatable bonds is 4. The molecule has 3 N–H and O–H groups in total. The number of hydrogen-bond acceptors (Lipinski definition) is 4. The van der Waals surface area contributed by atoms with Gasteiger partial charge in [0.05, 0.1) is 11.0 Å². The predicted octanol–water partition coefficient (Wildman–Crippen LogP) is 5.69. The van der Waals surface area contributed by atoms with Crippen molar-refractivity contribution in [3.8, 4) is 11.6 Å². The van der Waals surface area contributed by atoms with Crippen LogP contribution in [0.25, 0.3) is 11.0 Å². The molecule has 7 heteroatoms. The highest BCUT2D eigenvalue weighted by molar-refractivity contribution is 6.00. The van der Waals surface area contributed by atoms with E-state index in [2.05, 4.69) is 46.4 Å². The molecule has 2 aromatic carbocycles. The number of benzene rings is 2. The van der Waals surface area contributed by atoms with E-state index in [1.807, 2.05) is 48.5 Å². The van der Waals surface area contributed by atoms with E-state index < -0.39 is 6.03 Å². The Balaban J connectivity index is 1.53. The molecule has 0 bridgehead atoms. The maximum atomic E-state index is 12.5. The fourth-order valence-corrected chi connectivity index (χ4v) is 3.12. The summed E-state index contributed by atoms with van der Waals surface area (Å²) in [6, 6.07) is 18.4. The van der Waals surface area contributed by atoms with Gasteiger partial charge in [0, 0.05) is 11.8 Å². The van der Waals surface area contributed by atoms with Crippen molar-refractivity contribution in [2.75, 3.05) is 10.6 Å². The quantitative estimate of drug-likeness (QED) is 0.409. The van der Waals surface area contributed by atoms with Gasteiger partial charge >= 0.3 is 6.03 Å². The number of nitrogens with one attached hydrogen (secondary N) is 3. The van der Waals surface area contributed by atoms with E-state index in [0.717, 1.165) is 16.6 Å². The Kier molecular flexibility index (Phi) is 5.10. The average molecular weight is 401 g/mol. The Morgan fingerprint density at radius 2 is 1.73 bits per heavy atom. The Labute approximate surface area is 174 Å². The molecule has 0 unspecified atom stereocenters. The molecule has 2 aromatic heterocycles. The zero-order chi connectivity index (χ0) is 21.1. The van der Waals surface area contributed by atoms with Crippen molar-refractivity contribution in [3.05, 3.63) is 72.4 Å².